The van der Waals surface area contributed by atoms with Gasteiger partial charge in [0.2, 0.25) is 11.3 Å². The van der Waals surface area contributed by atoms with Crippen molar-refractivity contribution in [3.05, 3.63) is 57.0 Å². The minimum atomic E-state index is -0.707. The van der Waals surface area contributed by atoms with Crippen LogP contribution in [0, 0.1) is 6.92 Å². The second-order valence-corrected chi connectivity index (χ2v) is 7.30. The highest BCUT2D eigenvalue weighted by atomic mass is 35.5. The lowest BCUT2D eigenvalue weighted by atomic mass is 10.1. The van der Waals surface area contributed by atoms with E-state index in [9.17, 15) is 14.4 Å². The van der Waals surface area contributed by atoms with E-state index in [1.165, 1.54) is 10.7 Å². The number of benzene rings is 1. The summed E-state index contributed by atoms with van der Waals surface area (Å²) in [5, 5.41) is 9.85. The minimum Gasteiger partial charge on any atom is -0.350 e. The molecule has 1 aromatic carbocycles. The largest absolute Gasteiger partial charge is 0.350 e. The predicted molar refractivity (Wildman–Crippen MR) is 99.8 cm³/mol. The fraction of sp³-hybridized carbons (Fsp3) is 0.333. The average molecular weight is 377 g/mol. The van der Waals surface area contributed by atoms with Gasteiger partial charge >= 0.3 is 0 Å². The Morgan fingerprint density at radius 2 is 1.81 bits per heavy atom. The Labute approximate surface area is 156 Å². The summed E-state index contributed by atoms with van der Waals surface area (Å²) in [6.07, 6.45) is 0. The fourth-order valence-electron chi connectivity index (χ4n) is 2.26. The highest BCUT2D eigenvalue weighted by Gasteiger charge is 2.18. The Morgan fingerprint density at radius 3 is 2.38 bits per heavy atom. The molecule has 0 aliphatic heterocycles. The molecule has 0 radical (unpaired) electrons. The van der Waals surface area contributed by atoms with E-state index in [0.29, 0.717) is 16.4 Å². The molecule has 7 nitrogen and oxygen atoms in total. The van der Waals surface area contributed by atoms with E-state index >= 15 is 0 Å². The smallest absolute Gasteiger partial charge is 0.276 e. The van der Waals surface area contributed by atoms with Crippen LogP contribution < -0.4 is 16.1 Å². The van der Waals surface area contributed by atoms with Crippen LogP contribution in [0.5, 0.6) is 0 Å². The molecule has 138 valence electrons. The van der Waals surface area contributed by atoms with E-state index in [2.05, 4.69) is 15.7 Å². The zero-order chi connectivity index (χ0) is 19.5. The van der Waals surface area contributed by atoms with Crippen LogP contribution in [0.25, 0.3) is 5.69 Å². The maximum Gasteiger partial charge on any atom is 0.276 e. The lowest BCUT2D eigenvalue weighted by molar-refractivity contribution is -0.121. The molecule has 0 bridgehead atoms. The third kappa shape index (κ3) is 5.16. The lowest BCUT2D eigenvalue weighted by Gasteiger charge is -2.20. The van der Waals surface area contributed by atoms with E-state index in [0.717, 1.165) is 0 Å². The first kappa shape index (κ1) is 19.7. The van der Waals surface area contributed by atoms with E-state index in [4.69, 9.17) is 11.6 Å². The van der Waals surface area contributed by atoms with Gasteiger partial charge < -0.3 is 10.6 Å². The van der Waals surface area contributed by atoms with Gasteiger partial charge in [-0.1, -0.05) is 11.6 Å². The van der Waals surface area contributed by atoms with Gasteiger partial charge in [-0.3, -0.25) is 14.4 Å². The van der Waals surface area contributed by atoms with E-state index in [1.54, 1.807) is 31.2 Å². The van der Waals surface area contributed by atoms with Crippen molar-refractivity contribution in [3.63, 3.8) is 0 Å². The molecule has 0 unspecified atom stereocenters. The molecule has 26 heavy (non-hydrogen) atoms. The molecule has 1 aromatic heterocycles. The first-order valence-corrected chi connectivity index (χ1v) is 8.41. The first-order valence-electron chi connectivity index (χ1n) is 8.03. The van der Waals surface area contributed by atoms with Crippen LogP contribution in [0.4, 0.5) is 0 Å². The zero-order valence-corrected chi connectivity index (χ0v) is 15.8. The molecule has 0 aliphatic carbocycles. The van der Waals surface area contributed by atoms with Gasteiger partial charge in [0.1, 0.15) is 0 Å². The molecule has 0 fully saturated rings. The summed E-state index contributed by atoms with van der Waals surface area (Å²) >= 11 is 5.88. The first-order chi connectivity index (χ1) is 12.1. The number of rotatable bonds is 4. The van der Waals surface area contributed by atoms with Crippen LogP contribution in [0.15, 0.2) is 35.1 Å². The number of hydrogen-bond acceptors (Lipinski definition) is 4. The zero-order valence-electron chi connectivity index (χ0n) is 15.1. The van der Waals surface area contributed by atoms with Gasteiger partial charge in [0.05, 0.1) is 12.2 Å². The van der Waals surface area contributed by atoms with Crippen LogP contribution in [-0.4, -0.2) is 33.7 Å². The lowest BCUT2D eigenvalue weighted by Crippen LogP contribution is -2.46. The van der Waals surface area contributed by atoms with Crippen molar-refractivity contribution in [3.8, 4) is 5.69 Å². The van der Waals surface area contributed by atoms with Crippen LogP contribution in [0.3, 0.4) is 0 Å². The van der Waals surface area contributed by atoms with E-state index in [1.807, 2.05) is 20.8 Å². The molecule has 0 saturated carbocycles. The van der Waals surface area contributed by atoms with Gasteiger partial charge in [0, 0.05) is 22.3 Å². The molecular formula is C18H21ClN4O3. The minimum absolute atomic E-state index is 0.244. The fourth-order valence-corrected chi connectivity index (χ4v) is 2.38. The number of aromatic nitrogens is 2. The third-order valence-electron chi connectivity index (χ3n) is 3.32. The Bertz CT molecular complexity index is 883. The number of nitrogens with one attached hydrogen (secondary N) is 2. The second-order valence-electron chi connectivity index (χ2n) is 6.87. The number of carbonyl (C=O) groups is 2. The quantitative estimate of drug-likeness (QED) is 0.851. The number of aryl methyl sites for hydroxylation is 1. The number of halogens is 1. The summed E-state index contributed by atoms with van der Waals surface area (Å²) in [5.41, 5.74) is 0.0203. The van der Waals surface area contributed by atoms with Crippen molar-refractivity contribution in [1.82, 2.24) is 20.4 Å². The maximum atomic E-state index is 12.3. The van der Waals surface area contributed by atoms with E-state index in [-0.39, 0.29) is 18.1 Å². The Kier molecular flexibility index (Phi) is 5.82. The summed E-state index contributed by atoms with van der Waals surface area (Å²) in [5.74, 6) is -1.06. The molecule has 0 saturated heterocycles. The summed E-state index contributed by atoms with van der Waals surface area (Å²) in [6, 6.07) is 8.15. The van der Waals surface area contributed by atoms with Crippen molar-refractivity contribution >= 4 is 23.4 Å². The van der Waals surface area contributed by atoms with Crippen LogP contribution >= 0.6 is 11.6 Å². The van der Waals surface area contributed by atoms with Gasteiger partial charge in [0.15, 0.2) is 5.69 Å². The van der Waals surface area contributed by atoms with Crippen molar-refractivity contribution in [1.29, 1.82) is 0 Å². The summed E-state index contributed by atoms with van der Waals surface area (Å²) in [6.45, 7) is 6.96. The van der Waals surface area contributed by atoms with Gasteiger partial charge in [-0.05, 0) is 52.0 Å². The summed E-state index contributed by atoms with van der Waals surface area (Å²) in [4.78, 5) is 36.2. The van der Waals surface area contributed by atoms with Crippen molar-refractivity contribution < 1.29 is 9.59 Å². The molecule has 0 spiro atoms. The molecular weight excluding hydrogens is 356 g/mol. The molecule has 2 aromatic rings. The molecule has 0 aliphatic rings. The number of carbonyl (C=O) groups excluding carboxylic acids is 2. The third-order valence-corrected chi connectivity index (χ3v) is 3.57. The molecule has 1 heterocycles. The van der Waals surface area contributed by atoms with Crippen LogP contribution in [0.2, 0.25) is 5.02 Å². The highest BCUT2D eigenvalue weighted by molar-refractivity contribution is 6.30. The SMILES string of the molecule is Cc1cc(=O)c(C(=O)NCC(=O)NC(C)(C)C)nn1-c1ccc(Cl)cc1. The van der Waals surface area contributed by atoms with Crippen molar-refractivity contribution in [2.45, 2.75) is 33.2 Å². The standard InChI is InChI=1S/C18H21ClN4O3/c1-11-9-14(24)16(17(26)20-10-15(25)21-18(2,3)4)22-23(11)13-7-5-12(19)6-8-13/h5-9H,10H2,1-4H3,(H,20,26)(H,21,25). The molecule has 2 N–H and O–H groups in total. The maximum absolute atomic E-state index is 12.3. The molecule has 2 amide bonds. The van der Waals surface area contributed by atoms with Gasteiger partial charge in [-0.25, -0.2) is 4.68 Å². The Balaban J connectivity index is 2.22. The topological polar surface area (TPSA) is 93.1 Å². The second kappa shape index (κ2) is 7.70. The molecule has 0 atom stereocenters. The number of hydrogen-bond donors (Lipinski definition) is 2. The number of nitrogens with zero attached hydrogens (tertiary/aromatic N) is 2. The van der Waals surface area contributed by atoms with Gasteiger partial charge in [-0.2, -0.15) is 5.10 Å². The Hall–Kier alpha value is -2.67. The monoisotopic (exact) mass is 376 g/mol. The molecule has 2 rings (SSSR count). The predicted octanol–water partition coefficient (Wildman–Crippen LogP) is 1.84. The van der Waals surface area contributed by atoms with Gasteiger partial charge in [0.25, 0.3) is 5.91 Å². The van der Waals surface area contributed by atoms with Crippen molar-refractivity contribution in [2.24, 2.45) is 0 Å². The summed E-state index contributed by atoms with van der Waals surface area (Å²) in [7, 11) is 0. The highest BCUT2D eigenvalue weighted by Crippen LogP contribution is 2.13. The number of amides is 2. The van der Waals surface area contributed by atoms with Crippen LogP contribution in [0.1, 0.15) is 37.0 Å². The normalized spacial score (nSPS) is 11.1. The Morgan fingerprint density at radius 1 is 1.19 bits per heavy atom. The van der Waals surface area contributed by atoms with Crippen molar-refractivity contribution in [2.75, 3.05) is 6.54 Å². The van der Waals surface area contributed by atoms with E-state index < -0.39 is 16.9 Å². The average Bonchev–Trinajstić information content (AvgIpc) is 2.52. The summed E-state index contributed by atoms with van der Waals surface area (Å²) < 4.78 is 1.47. The van der Waals surface area contributed by atoms with Gasteiger partial charge in [-0.15, -0.1) is 0 Å². The van der Waals surface area contributed by atoms with Crippen LogP contribution in [-0.2, 0) is 4.79 Å². The molecule has 8 heteroatoms.